The van der Waals surface area contributed by atoms with E-state index in [4.69, 9.17) is 10.5 Å². The van der Waals surface area contributed by atoms with Gasteiger partial charge in [-0.1, -0.05) is 6.92 Å². The Bertz CT molecular complexity index is 1010. The summed E-state index contributed by atoms with van der Waals surface area (Å²) in [6.45, 7) is 4.29. The number of rotatable bonds is 9. The van der Waals surface area contributed by atoms with Crippen LogP contribution in [0.3, 0.4) is 0 Å². The first-order valence-corrected chi connectivity index (χ1v) is 14.5. The van der Waals surface area contributed by atoms with Crippen molar-refractivity contribution < 1.29 is 31.1 Å². The van der Waals surface area contributed by atoms with Gasteiger partial charge >= 0.3 is 0 Å². The van der Waals surface area contributed by atoms with Crippen molar-refractivity contribution in [2.75, 3.05) is 32.6 Å². The number of nitrogens with one attached hydrogen (secondary N) is 2. The summed E-state index contributed by atoms with van der Waals surface area (Å²) in [4.78, 5) is 10.4. The highest BCUT2D eigenvalue weighted by Crippen LogP contribution is 2.43. The molecular formula is C25H39F3N4O4S. The van der Waals surface area contributed by atoms with Gasteiger partial charge in [0.25, 0.3) is 0 Å². The van der Waals surface area contributed by atoms with Crippen molar-refractivity contribution in [3.8, 4) is 0 Å². The van der Waals surface area contributed by atoms with E-state index in [2.05, 4.69) is 17.6 Å². The van der Waals surface area contributed by atoms with E-state index in [1.54, 1.807) is 7.05 Å². The summed E-state index contributed by atoms with van der Waals surface area (Å²) < 4.78 is 73.2. The third-order valence-corrected chi connectivity index (χ3v) is 9.72. The smallest absolute Gasteiger partial charge is 0.216 e. The number of carbonyl (C=O) groups excluding carboxylic acids is 1. The molecule has 0 aliphatic carbocycles. The van der Waals surface area contributed by atoms with Crippen molar-refractivity contribution in [2.45, 2.75) is 75.5 Å². The molecule has 3 heterocycles. The lowest BCUT2D eigenvalue weighted by Gasteiger charge is -2.47. The number of nitrogens with zero attached hydrogens (tertiary/aromatic N) is 1. The number of hydrogen-bond donors (Lipinski definition) is 3. The van der Waals surface area contributed by atoms with Gasteiger partial charge in [-0.3, -0.25) is 4.79 Å². The Morgan fingerprint density at radius 2 is 1.70 bits per heavy atom. The number of piperidine rings is 1. The van der Waals surface area contributed by atoms with Crippen LogP contribution in [0.15, 0.2) is 12.1 Å². The van der Waals surface area contributed by atoms with Crippen LogP contribution in [0.5, 0.6) is 0 Å². The molecule has 0 saturated carbocycles. The summed E-state index contributed by atoms with van der Waals surface area (Å²) in [5, 5.41) is 5.43. The summed E-state index contributed by atoms with van der Waals surface area (Å²) >= 11 is 0. The van der Waals surface area contributed by atoms with Crippen molar-refractivity contribution in [3.05, 3.63) is 35.1 Å². The SMILES string of the molecule is CC1CCOCC1.CNC(Cc1cc(F)c(F)cc1F)C1(N)CC2CC[C@@H](C1)N2S(=O)(=O)CCNC=O. The number of ether oxygens (including phenoxy) is 1. The van der Waals surface area contributed by atoms with E-state index in [0.717, 1.165) is 25.2 Å². The average Bonchev–Trinajstić information content (AvgIpc) is 3.14. The predicted molar refractivity (Wildman–Crippen MR) is 135 cm³/mol. The Morgan fingerprint density at radius 3 is 2.22 bits per heavy atom. The van der Waals surface area contributed by atoms with Crippen LogP contribution in [0.1, 0.15) is 51.0 Å². The van der Waals surface area contributed by atoms with Crippen molar-refractivity contribution >= 4 is 16.4 Å². The van der Waals surface area contributed by atoms with Gasteiger partial charge in [0.15, 0.2) is 11.6 Å². The Kier molecular flexibility index (Phi) is 10.4. The lowest BCUT2D eigenvalue weighted by Crippen LogP contribution is -2.65. The van der Waals surface area contributed by atoms with Crippen LogP contribution < -0.4 is 16.4 Å². The number of fused-ring (bicyclic) bond motifs is 2. The van der Waals surface area contributed by atoms with Gasteiger partial charge < -0.3 is 21.1 Å². The largest absolute Gasteiger partial charge is 0.381 e. The van der Waals surface area contributed by atoms with Crippen molar-refractivity contribution in [1.82, 2.24) is 14.9 Å². The third kappa shape index (κ3) is 7.44. The molecule has 4 N–H and O–H groups in total. The zero-order valence-corrected chi connectivity index (χ0v) is 22.3. The van der Waals surface area contributed by atoms with E-state index in [9.17, 15) is 26.4 Å². The molecular weight excluding hydrogens is 509 g/mol. The average molecular weight is 549 g/mol. The minimum absolute atomic E-state index is 0.0143. The monoisotopic (exact) mass is 548 g/mol. The number of sulfonamides is 1. The second-order valence-electron chi connectivity index (χ2n) is 10.4. The number of amides is 1. The zero-order chi connectivity index (χ0) is 27.2. The predicted octanol–water partition coefficient (Wildman–Crippen LogP) is 2.07. The second kappa shape index (κ2) is 12.9. The van der Waals surface area contributed by atoms with E-state index in [1.807, 2.05) is 0 Å². The number of likely N-dealkylation sites (N-methyl/N-ethyl adjacent to an activating group) is 1. The molecule has 3 saturated heterocycles. The van der Waals surface area contributed by atoms with Crippen LogP contribution in [-0.4, -0.2) is 75.4 Å². The number of nitrogens with two attached hydrogens (primary N) is 1. The van der Waals surface area contributed by atoms with Crippen molar-refractivity contribution in [1.29, 1.82) is 0 Å². The van der Waals surface area contributed by atoms with E-state index < -0.39 is 39.1 Å². The molecule has 0 radical (unpaired) electrons. The molecule has 3 aliphatic rings. The number of carbonyl (C=O) groups is 1. The van der Waals surface area contributed by atoms with E-state index in [-0.39, 0.29) is 36.4 Å². The quantitative estimate of drug-likeness (QED) is 0.247. The van der Waals surface area contributed by atoms with E-state index in [0.29, 0.717) is 38.2 Å². The maximum absolute atomic E-state index is 14.2. The molecule has 210 valence electrons. The van der Waals surface area contributed by atoms with Gasteiger partial charge in [0.2, 0.25) is 16.4 Å². The van der Waals surface area contributed by atoms with Gasteiger partial charge in [0.1, 0.15) is 5.82 Å². The van der Waals surface area contributed by atoms with Crippen LogP contribution in [0.2, 0.25) is 0 Å². The molecule has 37 heavy (non-hydrogen) atoms. The van der Waals surface area contributed by atoms with Crippen LogP contribution >= 0.6 is 0 Å². The molecule has 2 bridgehead atoms. The molecule has 3 fully saturated rings. The van der Waals surface area contributed by atoms with Gasteiger partial charge in [-0.15, -0.1) is 0 Å². The van der Waals surface area contributed by atoms with Crippen LogP contribution in [0, 0.1) is 23.4 Å². The van der Waals surface area contributed by atoms with Crippen LogP contribution in [0.4, 0.5) is 13.2 Å². The van der Waals surface area contributed by atoms with Gasteiger partial charge in [-0.2, -0.15) is 4.31 Å². The highest BCUT2D eigenvalue weighted by atomic mass is 32.2. The molecule has 1 amide bonds. The molecule has 12 heteroatoms. The third-order valence-electron chi connectivity index (χ3n) is 7.76. The van der Waals surface area contributed by atoms with E-state index in [1.165, 1.54) is 17.1 Å². The van der Waals surface area contributed by atoms with E-state index >= 15 is 0 Å². The molecule has 0 spiro atoms. The first-order valence-electron chi connectivity index (χ1n) is 12.9. The topological polar surface area (TPSA) is 114 Å². The lowest BCUT2D eigenvalue weighted by molar-refractivity contribution is -0.109. The number of hydrogen-bond acceptors (Lipinski definition) is 6. The summed E-state index contributed by atoms with van der Waals surface area (Å²) in [6.07, 6.45) is 5.09. The Balaban J connectivity index is 0.000000468. The molecule has 3 aliphatic heterocycles. The standard InChI is InChI=1S/C19H27F3N4O3S.C6H12O/c1-24-18(7-12-6-16(21)17(22)8-15(12)20)19(23)9-13-2-3-14(10-19)26(13)30(28,29)5-4-25-11-27;1-6-2-4-7-5-3-6/h6,8,11,13-14,18,24H,2-5,7,9-10,23H2,1H3,(H,25,27);6H,2-5H2,1H3/t13-,14?,18?,19?;/m0./s1. The first kappa shape index (κ1) is 29.8. The summed E-state index contributed by atoms with van der Waals surface area (Å²) in [6, 6.07) is 0.321. The van der Waals surface area contributed by atoms with Crippen molar-refractivity contribution in [3.63, 3.8) is 0 Å². The first-order chi connectivity index (χ1) is 17.5. The summed E-state index contributed by atoms with van der Waals surface area (Å²) in [5.74, 6) is -2.50. The van der Waals surface area contributed by atoms with Gasteiger partial charge in [-0.25, -0.2) is 21.6 Å². The number of benzene rings is 1. The fourth-order valence-corrected chi connectivity index (χ4v) is 7.58. The maximum Gasteiger partial charge on any atom is 0.216 e. The second-order valence-corrected chi connectivity index (χ2v) is 12.4. The fourth-order valence-electron chi connectivity index (χ4n) is 5.72. The summed E-state index contributed by atoms with van der Waals surface area (Å²) in [5.41, 5.74) is 5.87. The highest BCUT2D eigenvalue weighted by molar-refractivity contribution is 7.89. The molecule has 0 aromatic heterocycles. The highest BCUT2D eigenvalue weighted by Gasteiger charge is 2.53. The Labute approximate surface area is 217 Å². The molecule has 4 atom stereocenters. The normalized spacial score (nSPS) is 27.3. The lowest BCUT2D eigenvalue weighted by atomic mass is 9.76. The van der Waals surface area contributed by atoms with Gasteiger partial charge in [0.05, 0.1) is 5.75 Å². The maximum atomic E-state index is 14.2. The molecule has 3 unspecified atom stereocenters. The zero-order valence-electron chi connectivity index (χ0n) is 21.5. The van der Waals surface area contributed by atoms with Gasteiger partial charge in [0, 0.05) is 49.5 Å². The molecule has 4 rings (SSSR count). The minimum Gasteiger partial charge on any atom is -0.381 e. The molecule has 1 aromatic carbocycles. The summed E-state index contributed by atoms with van der Waals surface area (Å²) in [7, 11) is -1.91. The van der Waals surface area contributed by atoms with Crippen LogP contribution in [-0.2, 0) is 26.0 Å². The minimum atomic E-state index is -3.57. The van der Waals surface area contributed by atoms with Gasteiger partial charge in [-0.05, 0) is 69.5 Å². The molecule has 1 aromatic rings. The Morgan fingerprint density at radius 1 is 1.11 bits per heavy atom. The van der Waals surface area contributed by atoms with Crippen LogP contribution in [0.25, 0.3) is 0 Å². The number of halogens is 3. The molecule has 8 nitrogen and oxygen atoms in total. The van der Waals surface area contributed by atoms with Crippen molar-refractivity contribution in [2.24, 2.45) is 11.7 Å². The fraction of sp³-hybridized carbons (Fsp3) is 0.720. The Hall–Kier alpha value is -1.73.